The molecule has 0 radical (unpaired) electrons. The van der Waals surface area contributed by atoms with Gasteiger partial charge in [-0.05, 0) is 47.2 Å². The molecule has 0 saturated carbocycles. The third-order valence-electron chi connectivity index (χ3n) is 2.70. The van der Waals surface area contributed by atoms with Crippen molar-refractivity contribution in [1.29, 1.82) is 0 Å². The van der Waals surface area contributed by atoms with Gasteiger partial charge in [0.15, 0.2) is 0 Å². The van der Waals surface area contributed by atoms with Crippen LogP contribution in [0, 0.1) is 0 Å². The molecule has 90 valence electrons. The van der Waals surface area contributed by atoms with Crippen LogP contribution in [-0.4, -0.2) is 49.8 Å². The monoisotopic (exact) mass is 214 g/mol. The van der Waals surface area contributed by atoms with Gasteiger partial charge in [-0.15, -0.1) is 0 Å². The summed E-state index contributed by atoms with van der Waals surface area (Å²) in [5, 5.41) is 3.50. The highest BCUT2D eigenvalue weighted by Gasteiger charge is 2.17. The van der Waals surface area contributed by atoms with Crippen LogP contribution < -0.4 is 5.32 Å². The van der Waals surface area contributed by atoms with Crippen LogP contribution in [0.2, 0.25) is 0 Å². The average Bonchev–Trinajstić information content (AvgIpc) is 2.11. The lowest BCUT2D eigenvalue weighted by atomic mass is 10.1. The van der Waals surface area contributed by atoms with Gasteiger partial charge < -0.3 is 15.0 Å². The Labute approximate surface area is 94.2 Å². The fourth-order valence-corrected chi connectivity index (χ4v) is 1.83. The Hall–Kier alpha value is -0.120. The predicted octanol–water partition coefficient (Wildman–Crippen LogP) is 1.49. The summed E-state index contributed by atoms with van der Waals surface area (Å²) in [6, 6.07) is 0. The van der Waals surface area contributed by atoms with Crippen LogP contribution in [0.15, 0.2) is 0 Å². The minimum Gasteiger partial charge on any atom is -0.376 e. The van der Waals surface area contributed by atoms with E-state index in [1.54, 1.807) is 0 Å². The Bertz CT molecular complexity index is 177. The molecular weight excluding hydrogens is 188 g/mol. The van der Waals surface area contributed by atoms with E-state index in [-0.39, 0.29) is 5.54 Å². The summed E-state index contributed by atoms with van der Waals surface area (Å²) in [4.78, 5) is 2.35. The first kappa shape index (κ1) is 12.9. The molecule has 0 aromatic heterocycles. The van der Waals surface area contributed by atoms with E-state index in [0.717, 1.165) is 26.2 Å². The Morgan fingerprint density at radius 1 is 1.40 bits per heavy atom. The van der Waals surface area contributed by atoms with Gasteiger partial charge in [-0.3, -0.25) is 0 Å². The summed E-state index contributed by atoms with van der Waals surface area (Å²) in [5.74, 6) is 0. The van der Waals surface area contributed by atoms with Gasteiger partial charge in [-0.25, -0.2) is 0 Å². The first-order valence-corrected chi connectivity index (χ1v) is 6.02. The van der Waals surface area contributed by atoms with Crippen LogP contribution in [0.3, 0.4) is 0 Å². The van der Waals surface area contributed by atoms with E-state index < -0.39 is 0 Å². The van der Waals surface area contributed by atoms with Gasteiger partial charge >= 0.3 is 0 Å². The number of nitrogens with one attached hydrogen (secondary N) is 1. The van der Waals surface area contributed by atoms with Gasteiger partial charge in [-0.1, -0.05) is 0 Å². The number of rotatable bonds is 4. The second-order valence-corrected chi connectivity index (χ2v) is 5.57. The van der Waals surface area contributed by atoms with Crippen molar-refractivity contribution < 1.29 is 4.74 Å². The number of ether oxygens (including phenoxy) is 1. The minimum absolute atomic E-state index is 0.240. The lowest BCUT2D eigenvalue weighted by Gasteiger charge is -2.30. The Morgan fingerprint density at radius 3 is 2.73 bits per heavy atom. The van der Waals surface area contributed by atoms with E-state index in [1.807, 2.05) is 0 Å². The third-order valence-corrected chi connectivity index (χ3v) is 2.70. The van der Waals surface area contributed by atoms with Crippen LogP contribution in [-0.2, 0) is 4.74 Å². The van der Waals surface area contributed by atoms with Gasteiger partial charge in [0.1, 0.15) is 0 Å². The number of likely N-dealkylation sites (N-methyl/N-ethyl adjacent to an activating group) is 1. The van der Waals surface area contributed by atoms with Crippen molar-refractivity contribution >= 4 is 0 Å². The largest absolute Gasteiger partial charge is 0.376 e. The lowest BCUT2D eigenvalue weighted by Crippen LogP contribution is -2.41. The maximum Gasteiger partial charge on any atom is 0.0703 e. The summed E-state index contributed by atoms with van der Waals surface area (Å²) in [7, 11) is 2.17. The van der Waals surface area contributed by atoms with E-state index >= 15 is 0 Å². The van der Waals surface area contributed by atoms with Gasteiger partial charge in [0.2, 0.25) is 0 Å². The average molecular weight is 214 g/mol. The highest BCUT2D eigenvalue weighted by molar-refractivity contribution is 4.72. The first-order valence-electron chi connectivity index (χ1n) is 6.02. The van der Waals surface area contributed by atoms with Crippen molar-refractivity contribution in [3.63, 3.8) is 0 Å². The van der Waals surface area contributed by atoms with Gasteiger partial charge in [-0.2, -0.15) is 0 Å². The molecule has 0 aromatic carbocycles. The van der Waals surface area contributed by atoms with Gasteiger partial charge in [0.05, 0.1) is 12.7 Å². The van der Waals surface area contributed by atoms with E-state index in [1.165, 1.54) is 12.8 Å². The summed E-state index contributed by atoms with van der Waals surface area (Å²) in [5.41, 5.74) is 0.240. The van der Waals surface area contributed by atoms with E-state index in [0.29, 0.717) is 6.10 Å². The molecule has 0 spiro atoms. The standard InChI is InChI=1S/C12H26N2O/c1-12(2,3)13-7-5-6-11-10-14(4)8-9-15-11/h11,13H,5-10H2,1-4H3/t11-/m0/s1. The molecule has 0 unspecified atom stereocenters. The second-order valence-electron chi connectivity index (χ2n) is 5.57. The maximum atomic E-state index is 5.71. The molecule has 1 aliphatic heterocycles. The molecule has 0 bridgehead atoms. The van der Waals surface area contributed by atoms with Crippen molar-refractivity contribution in [2.24, 2.45) is 0 Å². The Morgan fingerprint density at radius 2 is 2.13 bits per heavy atom. The summed E-state index contributed by atoms with van der Waals surface area (Å²) in [6.45, 7) is 10.8. The summed E-state index contributed by atoms with van der Waals surface area (Å²) >= 11 is 0. The van der Waals surface area contributed by atoms with E-state index in [2.05, 4.69) is 38.0 Å². The van der Waals surface area contributed by atoms with E-state index in [9.17, 15) is 0 Å². The zero-order valence-corrected chi connectivity index (χ0v) is 10.7. The Balaban J connectivity index is 2.04. The first-order chi connectivity index (χ1) is 6.97. The molecule has 0 aliphatic carbocycles. The van der Waals surface area contributed by atoms with Crippen LogP contribution >= 0.6 is 0 Å². The van der Waals surface area contributed by atoms with Crippen molar-refractivity contribution in [1.82, 2.24) is 10.2 Å². The molecule has 15 heavy (non-hydrogen) atoms. The normalized spacial score (nSPS) is 24.4. The molecule has 1 N–H and O–H groups in total. The zero-order chi connectivity index (χ0) is 11.3. The molecule has 3 heteroatoms. The molecule has 3 nitrogen and oxygen atoms in total. The molecular formula is C12H26N2O. The molecule has 1 atom stereocenters. The number of hydrogen-bond donors (Lipinski definition) is 1. The van der Waals surface area contributed by atoms with E-state index in [4.69, 9.17) is 4.74 Å². The maximum absolute atomic E-state index is 5.71. The van der Waals surface area contributed by atoms with Crippen molar-refractivity contribution in [3.8, 4) is 0 Å². The summed E-state index contributed by atoms with van der Waals surface area (Å²) in [6.07, 6.45) is 2.83. The van der Waals surface area contributed by atoms with Crippen molar-refractivity contribution in [2.75, 3.05) is 33.3 Å². The predicted molar refractivity (Wildman–Crippen MR) is 64.2 cm³/mol. The van der Waals surface area contributed by atoms with Crippen molar-refractivity contribution in [3.05, 3.63) is 0 Å². The molecule has 0 aromatic rings. The third kappa shape index (κ3) is 6.13. The SMILES string of the molecule is CN1CCO[C@@H](CCCNC(C)(C)C)C1. The highest BCUT2D eigenvalue weighted by atomic mass is 16.5. The van der Waals surface area contributed by atoms with Gasteiger partial charge in [0, 0.05) is 18.6 Å². The quantitative estimate of drug-likeness (QED) is 0.718. The fourth-order valence-electron chi connectivity index (χ4n) is 1.83. The molecule has 1 saturated heterocycles. The molecule has 1 heterocycles. The number of nitrogens with zero attached hydrogens (tertiary/aromatic N) is 1. The molecule has 1 aliphatic rings. The minimum atomic E-state index is 0.240. The zero-order valence-electron chi connectivity index (χ0n) is 10.7. The highest BCUT2D eigenvalue weighted by Crippen LogP contribution is 2.09. The van der Waals surface area contributed by atoms with Gasteiger partial charge in [0.25, 0.3) is 0 Å². The van der Waals surface area contributed by atoms with Crippen LogP contribution in [0.1, 0.15) is 33.6 Å². The fraction of sp³-hybridized carbons (Fsp3) is 1.00. The van der Waals surface area contributed by atoms with Crippen LogP contribution in [0.25, 0.3) is 0 Å². The smallest absolute Gasteiger partial charge is 0.0703 e. The molecule has 1 rings (SSSR count). The van der Waals surface area contributed by atoms with Crippen LogP contribution in [0.5, 0.6) is 0 Å². The van der Waals surface area contributed by atoms with Crippen molar-refractivity contribution in [2.45, 2.75) is 45.3 Å². The molecule has 1 fully saturated rings. The summed E-state index contributed by atoms with van der Waals surface area (Å²) < 4.78 is 5.71. The van der Waals surface area contributed by atoms with Crippen LogP contribution in [0.4, 0.5) is 0 Å². The Kier molecular flexibility index (Phi) is 5.03. The number of morpholine rings is 1. The topological polar surface area (TPSA) is 24.5 Å². The lowest BCUT2D eigenvalue weighted by molar-refractivity contribution is -0.0240. The number of hydrogen-bond acceptors (Lipinski definition) is 3. The second kappa shape index (κ2) is 5.83. The molecule has 0 amide bonds.